The molecule has 0 saturated carbocycles. The summed E-state index contributed by atoms with van der Waals surface area (Å²) >= 11 is 0. The lowest BCUT2D eigenvalue weighted by atomic mass is 10.1. The highest BCUT2D eigenvalue weighted by atomic mass is 32.2. The summed E-state index contributed by atoms with van der Waals surface area (Å²) in [5.74, 6) is 0.821. The van der Waals surface area contributed by atoms with Crippen molar-refractivity contribution in [3.63, 3.8) is 0 Å². The van der Waals surface area contributed by atoms with Gasteiger partial charge in [-0.1, -0.05) is 30.3 Å². The van der Waals surface area contributed by atoms with Crippen LogP contribution in [0.4, 0.5) is 0 Å². The van der Waals surface area contributed by atoms with Crippen LogP contribution in [0, 0.1) is 0 Å². The second-order valence-corrected chi connectivity index (χ2v) is 7.17. The number of hydrogen-bond donors (Lipinski definition) is 0. The number of allylic oxidation sites excluding steroid dienone is 1. The predicted molar refractivity (Wildman–Crippen MR) is 76.7 cm³/mol. The van der Waals surface area contributed by atoms with Gasteiger partial charge in [-0.15, -0.1) is 0 Å². The average molecular weight is 264 g/mol. The second kappa shape index (κ2) is 5.70. The van der Waals surface area contributed by atoms with E-state index in [2.05, 4.69) is 19.1 Å². The van der Waals surface area contributed by atoms with E-state index >= 15 is 0 Å². The molecule has 3 heteroatoms. The highest BCUT2D eigenvalue weighted by Crippen LogP contribution is 2.29. The third kappa shape index (κ3) is 3.02. The molecule has 2 atom stereocenters. The first-order valence-electron chi connectivity index (χ1n) is 6.34. The molecule has 1 aromatic carbocycles. The Balaban J connectivity index is 1.94. The van der Waals surface area contributed by atoms with Crippen molar-refractivity contribution in [2.75, 3.05) is 12.4 Å². The molecule has 1 aliphatic rings. The van der Waals surface area contributed by atoms with Crippen molar-refractivity contribution in [2.45, 2.75) is 31.4 Å². The van der Waals surface area contributed by atoms with Crippen LogP contribution >= 0.6 is 0 Å². The molecule has 0 aliphatic carbocycles. The van der Waals surface area contributed by atoms with Gasteiger partial charge in [0.05, 0.1) is 11.0 Å². The molecule has 0 N–H and O–H groups in total. The lowest BCUT2D eigenvalue weighted by Gasteiger charge is -2.21. The van der Waals surface area contributed by atoms with Gasteiger partial charge in [0.1, 0.15) is 6.61 Å². The second-order valence-electron chi connectivity index (χ2n) is 5.08. The van der Waals surface area contributed by atoms with Gasteiger partial charge in [0.2, 0.25) is 0 Å². The zero-order chi connectivity index (χ0) is 13.0. The first kappa shape index (κ1) is 13.3. The van der Waals surface area contributed by atoms with E-state index in [1.807, 2.05) is 25.1 Å². The van der Waals surface area contributed by atoms with Gasteiger partial charge in [-0.3, -0.25) is 4.21 Å². The lowest BCUT2D eigenvalue weighted by Crippen LogP contribution is -2.31. The Morgan fingerprint density at radius 2 is 2.17 bits per heavy atom. The summed E-state index contributed by atoms with van der Waals surface area (Å²) in [6.07, 6.45) is 3.84. The van der Waals surface area contributed by atoms with Crippen LogP contribution in [0.2, 0.25) is 0 Å². The van der Waals surface area contributed by atoms with Crippen LogP contribution in [-0.4, -0.2) is 21.3 Å². The molecule has 0 radical (unpaired) electrons. The number of benzene rings is 1. The number of ether oxygens (including phenoxy) is 1. The van der Waals surface area contributed by atoms with E-state index in [1.54, 1.807) is 6.26 Å². The molecule has 0 amide bonds. The zero-order valence-corrected chi connectivity index (χ0v) is 11.8. The van der Waals surface area contributed by atoms with E-state index in [0.717, 1.165) is 29.7 Å². The quantitative estimate of drug-likeness (QED) is 0.779. The highest BCUT2D eigenvalue weighted by molar-refractivity contribution is 7.86. The molecule has 2 rings (SSSR count). The molecule has 18 heavy (non-hydrogen) atoms. The Morgan fingerprint density at radius 3 is 2.78 bits per heavy atom. The van der Waals surface area contributed by atoms with Crippen molar-refractivity contribution in [3.05, 3.63) is 42.2 Å². The van der Waals surface area contributed by atoms with E-state index in [-0.39, 0.29) is 4.75 Å². The standard InChI is InChI=1S/C15H20O2S/c1-13(14-7-4-3-5-8-14)11-17-12-15(2)9-6-10-18(15)16/h3-5,7-8,11H,6,9-10,12H2,1-2H3/b13-11-. The third-order valence-corrected chi connectivity index (χ3v) is 5.54. The van der Waals surface area contributed by atoms with E-state index in [0.29, 0.717) is 6.61 Å². The fourth-order valence-electron chi connectivity index (χ4n) is 2.19. The molecule has 0 aromatic heterocycles. The molecule has 2 nitrogen and oxygen atoms in total. The van der Waals surface area contributed by atoms with Crippen LogP contribution in [0.5, 0.6) is 0 Å². The topological polar surface area (TPSA) is 26.3 Å². The molecule has 0 spiro atoms. The van der Waals surface area contributed by atoms with Crippen LogP contribution in [0.25, 0.3) is 5.57 Å². The Bertz CT molecular complexity index is 453. The van der Waals surface area contributed by atoms with Crippen molar-refractivity contribution in [2.24, 2.45) is 0 Å². The molecule has 1 aromatic rings. The molecule has 1 fully saturated rings. The summed E-state index contributed by atoms with van der Waals surface area (Å²) in [5, 5.41) is 0. The fraction of sp³-hybridized carbons (Fsp3) is 0.467. The van der Waals surface area contributed by atoms with Gasteiger partial charge in [0.15, 0.2) is 0 Å². The van der Waals surface area contributed by atoms with Gasteiger partial charge in [0, 0.05) is 16.6 Å². The summed E-state index contributed by atoms with van der Waals surface area (Å²) in [6.45, 7) is 4.63. The predicted octanol–water partition coefficient (Wildman–Crippen LogP) is 3.37. The fourth-order valence-corrected chi connectivity index (χ4v) is 3.66. The maximum atomic E-state index is 11.9. The van der Waals surface area contributed by atoms with Gasteiger partial charge >= 0.3 is 0 Å². The first-order valence-corrected chi connectivity index (χ1v) is 7.66. The number of hydrogen-bond acceptors (Lipinski definition) is 2. The van der Waals surface area contributed by atoms with Gasteiger partial charge < -0.3 is 4.74 Å². The summed E-state index contributed by atoms with van der Waals surface area (Å²) in [5.41, 5.74) is 2.26. The van der Waals surface area contributed by atoms with E-state index < -0.39 is 10.8 Å². The smallest absolute Gasteiger partial charge is 0.104 e. The van der Waals surface area contributed by atoms with Gasteiger partial charge in [-0.2, -0.15) is 0 Å². The molecule has 98 valence electrons. The maximum Gasteiger partial charge on any atom is 0.104 e. The zero-order valence-electron chi connectivity index (χ0n) is 11.0. The van der Waals surface area contributed by atoms with Gasteiger partial charge in [0.25, 0.3) is 0 Å². The monoisotopic (exact) mass is 264 g/mol. The van der Waals surface area contributed by atoms with Crippen LogP contribution in [0.1, 0.15) is 32.3 Å². The molecule has 1 heterocycles. The van der Waals surface area contributed by atoms with Gasteiger partial charge in [-0.05, 0) is 37.8 Å². The summed E-state index contributed by atoms with van der Waals surface area (Å²) in [7, 11) is -0.740. The Hall–Kier alpha value is -1.09. The van der Waals surface area contributed by atoms with Crippen LogP contribution in [0.3, 0.4) is 0 Å². The average Bonchev–Trinajstić information content (AvgIpc) is 2.71. The van der Waals surface area contributed by atoms with Crippen LogP contribution in [-0.2, 0) is 15.5 Å². The molecule has 1 saturated heterocycles. The summed E-state index contributed by atoms with van der Waals surface area (Å²) in [6, 6.07) is 10.1. The minimum atomic E-state index is -0.740. The largest absolute Gasteiger partial charge is 0.499 e. The Labute approximate surface area is 112 Å². The van der Waals surface area contributed by atoms with Crippen molar-refractivity contribution < 1.29 is 8.95 Å². The Kier molecular flexibility index (Phi) is 4.23. The summed E-state index contributed by atoms with van der Waals surface area (Å²) < 4.78 is 17.3. The minimum Gasteiger partial charge on any atom is -0.499 e. The normalized spacial score (nSPS) is 28.3. The Morgan fingerprint density at radius 1 is 1.44 bits per heavy atom. The number of rotatable bonds is 4. The minimum absolute atomic E-state index is 0.159. The van der Waals surface area contributed by atoms with E-state index in [4.69, 9.17) is 4.74 Å². The van der Waals surface area contributed by atoms with Crippen molar-refractivity contribution in [1.29, 1.82) is 0 Å². The van der Waals surface area contributed by atoms with E-state index in [9.17, 15) is 4.21 Å². The van der Waals surface area contributed by atoms with E-state index in [1.165, 1.54) is 0 Å². The van der Waals surface area contributed by atoms with Crippen LogP contribution < -0.4 is 0 Å². The van der Waals surface area contributed by atoms with Crippen molar-refractivity contribution >= 4 is 16.4 Å². The SMILES string of the molecule is C/C(=C/OCC1(C)CCCS1=O)c1ccccc1. The molecule has 1 aliphatic heterocycles. The third-order valence-electron chi connectivity index (χ3n) is 3.46. The molecule has 0 bridgehead atoms. The van der Waals surface area contributed by atoms with Crippen LogP contribution in [0.15, 0.2) is 36.6 Å². The lowest BCUT2D eigenvalue weighted by molar-refractivity contribution is 0.216. The maximum absolute atomic E-state index is 11.9. The molecule has 2 unspecified atom stereocenters. The molecular weight excluding hydrogens is 244 g/mol. The first-order chi connectivity index (χ1) is 8.62. The van der Waals surface area contributed by atoms with Crippen molar-refractivity contribution in [3.8, 4) is 0 Å². The van der Waals surface area contributed by atoms with Gasteiger partial charge in [-0.25, -0.2) is 0 Å². The highest BCUT2D eigenvalue weighted by Gasteiger charge is 2.36. The van der Waals surface area contributed by atoms with Crippen molar-refractivity contribution in [1.82, 2.24) is 0 Å². The molecular formula is C15H20O2S. The summed E-state index contributed by atoms with van der Waals surface area (Å²) in [4.78, 5) is 0.